The molecule has 0 radical (unpaired) electrons. The molecule has 0 bridgehead atoms. The Bertz CT molecular complexity index is 605. The summed E-state index contributed by atoms with van der Waals surface area (Å²) in [6.07, 6.45) is 3.66. The molecule has 0 aromatic carbocycles. The molecule has 7 heteroatoms. The molecule has 3 heterocycles. The normalized spacial score (nSPS) is 14.7. The van der Waals surface area contributed by atoms with Crippen LogP contribution in [0, 0.1) is 0 Å². The summed E-state index contributed by atoms with van der Waals surface area (Å²) in [5.41, 5.74) is 7.76. The summed E-state index contributed by atoms with van der Waals surface area (Å²) in [6.45, 7) is 7.07. The highest BCUT2D eigenvalue weighted by Gasteiger charge is 2.21. The van der Waals surface area contributed by atoms with Crippen molar-refractivity contribution >= 4 is 5.69 Å². The zero-order valence-corrected chi connectivity index (χ0v) is 11.8. The van der Waals surface area contributed by atoms with E-state index in [1.54, 1.807) is 6.33 Å². The average molecular weight is 273 g/mol. The monoisotopic (exact) mass is 273 g/mol. The first-order valence-corrected chi connectivity index (χ1v) is 6.86. The highest BCUT2D eigenvalue weighted by Crippen LogP contribution is 2.23. The number of aromatic nitrogens is 5. The second-order valence-electron chi connectivity index (χ2n) is 5.28. The Hall–Kier alpha value is -2.02. The molecule has 2 N–H and O–H groups in total. The van der Waals surface area contributed by atoms with E-state index in [1.807, 2.05) is 6.20 Å². The SMILES string of the molecule is CC(C)c1ncc(N2CCn3cnnc3C2)c(CN)n1. The lowest BCUT2D eigenvalue weighted by molar-refractivity contribution is 0.556. The third kappa shape index (κ3) is 2.24. The Labute approximate surface area is 117 Å². The second-order valence-corrected chi connectivity index (χ2v) is 5.28. The molecule has 7 nitrogen and oxygen atoms in total. The highest BCUT2D eigenvalue weighted by molar-refractivity contribution is 5.49. The van der Waals surface area contributed by atoms with E-state index < -0.39 is 0 Å². The minimum Gasteiger partial charge on any atom is -0.359 e. The van der Waals surface area contributed by atoms with Crippen LogP contribution >= 0.6 is 0 Å². The molecule has 0 atom stereocenters. The maximum atomic E-state index is 5.85. The van der Waals surface area contributed by atoms with Gasteiger partial charge >= 0.3 is 0 Å². The molecule has 2 aromatic rings. The van der Waals surface area contributed by atoms with Crippen molar-refractivity contribution in [2.45, 2.75) is 39.4 Å². The van der Waals surface area contributed by atoms with E-state index in [0.717, 1.165) is 42.7 Å². The Morgan fingerprint density at radius 1 is 1.35 bits per heavy atom. The van der Waals surface area contributed by atoms with E-state index in [0.29, 0.717) is 12.5 Å². The summed E-state index contributed by atoms with van der Waals surface area (Å²) in [6, 6.07) is 0. The summed E-state index contributed by atoms with van der Waals surface area (Å²) >= 11 is 0. The molecule has 0 aliphatic carbocycles. The van der Waals surface area contributed by atoms with Crippen molar-refractivity contribution in [3.63, 3.8) is 0 Å². The molecule has 0 fully saturated rings. The van der Waals surface area contributed by atoms with Crippen LogP contribution in [0.2, 0.25) is 0 Å². The molecule has 0 amide bonds. The molecule has 0 saturated heterocycles. The maximum Gasteiger partial charge on any atom is 0.152 e. The van der Waals surface area contributed by atoms with Crippen molar-refractivity contribution in [3.05, 3.63) is 29.9 Å². The smallest absolute Gasteiger partial charge is 0.152 e. The molecule has 106 valence electrons. The number of anilines is 1. The predicted molar refractivity (Wildman–Crippen MR) is 75.1 cm³/mol. The third-order valence-electron chi connectivity index (χ3n) is 3.55. The van der Waals surface area contributed by atoms with Gasteiger partial charge in [0, 0.05) is 25.6 Å². The van der Waals surface area contributed by atoms with Crippen molar-refractivity contribution in [3.8, 4) is 0 Å². The van der Waals surface area contributed by atoms with Crippen molar-refractivity contribution < 1.29 is 0 Å². The fraction of sp³-hybridized carbons (Fsp3) is 0.538. The molecule has 0 spiro atoms. The van der Waals surface area contributed by atoms with E-state index in [1.165, 1.54) is 0 Å². The van der Waals surface area contributed by atoms with Gasteiger partial charge in [-0.2, -0.15) is 0 Å². The second kappa shape index (κ2) is 5.16. The Kier molecular flexibility index (Phi) is 3.35. The number of nitrogens with zero attached hydrogens (tertiary/aromatic N) is 6. The van der Waals surface area contributed by atoms with Crippen molar-refractivity contribution in [2.24, 2.45) is 5.73 Å². The zero-order valence-electron chi connectivity index (χ0n) is 11.8. The van der Waals surface area contributed by atoms with E-state index in [2.05, 4.69) is 43.5 Å². The van der Waals surface area contributed by atoms with Gasteiger partial charge in [0.05, 0.1) is 24.1 Å². The van der Waals surface area contributed by atoms with Crippen LogP contribution in [0.3, 0.4) is 0 Å². The molecule has 1 aliphatic heterocycles. The topological polar surface area (TPSA) is 85.8 Å². The van der Waals surface area contributed by atoms with Gasteiger partial charge in [0.15, 0.2) is 5.82 Å². The first kappa shape index (κ1) is 13.0. The number of nitrogens with two attached hydrogens (primary N) is 1. The maximum absolute atomic E-state index is 5.85. The Morgan fingerprint density at radius 3 is 2.95 bits per heavy atom. The van der Waals surface area contributed by atoms with Gasteiger partial charge < -0.3 is 15.2 Å². The minimum atomic E-state index is 0.304. The van der Waals surface area contributed by atoms with Gasteiger partial charge in [0.25, 0.3) is 0 Å². The minimum absolute atomic E-state index is 0.304. The van der Waals surface area contributed by atoms with Crippen LogP contribution in [0.25, 0.3) is 0 Å². The fourth-order valence-corrected chi connectivity index (χ4v) is 2.39. The van der Waals surface area contributed by atoms with Crippen LogP contribution < -0.4 is 10.6 Å². The largest absolute Gasteiger partial charge is 0.359 e. The van der Waals surface area contributed by atoms with E-state index >= 15 is 0 Å². The molecule has 3 rings (SSSR count). The van der Waals surface area contributed by atoms with Gasteiger partial charge in [-0.1, -0.05) is 13.8 Å². The molecule has 20 heavy (non-hydrogen) atoms. The number of fused-ring (bicyclic) bond motifs is 1. The van der Waals surface area contributed by atoms with Crippen LogP contribution in [0.1, 0.15) is 37.1 Å². The molecular formula is C13H19N7. The van der Waals surface area contributed by atoms with Gasteiger partial charge in [-0.05, 0) is 0 Å². The standard InChI is InChI=1S/C13H19N7/c1-9(2)13-15-6-11(10(5-14)17-13)19-3-4-20-8-16-18-12(20)7-19/h6,8-9H,3-5,7,14H2,1-2H3. The summed E-state index contributed by atoms with van der Waals surface area (Å²) in [5.74, 6) is 2.11. The fourth-order valence-electron chi connectivity index (χ4n) is 2.39. The molecule has 0 saturated carbocycles. The van der Waals surface area contributed by atoms with Gasteiger partial charge in [0.1, 0.15) is 12.2 Å². The van der Waals surface area contributed by atoms with Crippen LogP contribution in [-0.4, -0.2) is 31.3 Å². The summed E-state index contributed by atoms with van der Waals surface area (Å²) in [4.78, 5) is 11.3. The van der Waals surface area contributed by atoms with E-state index in [4.69, 9.17) is 5.73 Å². The number of hydrogen-bond acceptors (Lipinski definition) is 6. The van der Waals surface area contributed by atoms with Crippen molar-refractivity contribution in [1.82, 2.24) is 24.7 Å². The highest BCUT2D eigenvalue weighted by atomic mass is 15.3. The predicted octanol–water partition coefficient (Wildman–Crippen LogP) is 0.670. The van der Waals surface area contributed by atoms with E-state index in [-0.39, 0.29) is 0 Å². The Balaban J connectivity index is 1.91. The van der Waals surface area contributed by atoms with Gasteiger partial charge in [0.2, 0.25) is 0 Å². The molecular weight excluding hydrogens is 254 g/mol. The van der Waals surface area contributed by atoms with Crippen LogP contribution in [0.15, 0.2) is 12.5 Å². The van der Waals surface area contributed by atoms with Gasteiger partial charge in [-0.25, -0.2) is 9.97 Å². The average Bonchev–Trinajstić information content (AvgIpc) is 2.93. The lowest BCUT2D eigenvalue weighted by Gasteiger charge is -2.30. The first-order chi connectivity index (χ1) is 9.69. The number of rotatable bonds is 3. The van der Waals surface area contributed by atoms with Crippen LogP contribution in [0.4, 0.5) is 5.69 Å². The van der Waals surface area contributed by atoms with Crippen molar-refractivity contribution in [1.29, 1.82) is 0 Å². The molecule has 1 aliphatic rings. The van der Waals surface area contributed by atoms with E-state index in [9.17, 15) is 0 Å². The summed E-state index contributed by atoms with van der Waals surface area (Å²) < 4.78 is 2.07. The zero-order chi connectivity index (χ0) is 14.1. The molecule has 2 aromatic heterocycles. The first-order valence-electron chi connectivity index (χ1n) is 6.86. The lowest BCUT2D eigenvalue weighted by Crippen LogP contribution is -2.34. The Morgan fingerprint density at radius 2 is 2.20 bits per heavy atom. The van der Waals surface area contributed by atoms with Gasteiger partial charge in [-0.15, -0.1) is 10.2 Å². The lowest BCUT2D eigenvalue weighted by atomic mass is 10.2. The van der Waals surface area contributed by atoms with Gasteiger partial charge in [-0.3, -0.25) is 0 Å². The number of hydrogen-bond donors (Lipinski definition) is 1. The van der Waals surface area contributed by atoms with Crippen LogP contribution in [0.5, 0.6) is 0 Å². The van der Waals surface area contributed by atoms with Crippen LogP contribution in [-0.2, 0) is 19.6 Å². The molecule has 0 unspecified atom stereocenters. The quantitative estimate of drug-likeness (QED) is 0.884. The summed E-state index contributed by atoms with van der Waals surface area (Å²) in [5, 5.41) is 8.08. The third-order valence-corrected chi connectivity index (χ3v) is 3.55. The summed E-state index contributed by atoms with van der Waals surface area (Å²) in [7, 11) is 0. The van der Waals surface area contributed by atoms with Crippen molar-refractivity contribution in [2.75, 3.05) is 11.4 Å².